The Balaban J connectivity index is 1.58. The van der Waals surface area contributed by atoms with Crippen molar-refractivity contribution < 1.29 is 4.79 Å². The number of benzene rings is 3. The van der Waals surface area contributed by atoms with Crippen LogP contribution in [0.15, 0.2) is 72.8 Å². The number of rotatable bonds is 3. The summed E-state index contributed by atoms with van der Waals surface area (Å²) >= 11 is 0. The van der Waals surface area contributed by atoms with Crippen LogP contribution in [0.2, 0.25) is 0 Å². The lowest BCUT2D eigenvalue weighted by Crippen LogP contribution is -2.49. The van der Waals surface area contributed by atoms with Gasteiger partial charge >= 0.3 is 0 Å². The van der Waals surface area contributed by atoms with Crippen molar-refractivity contribution in [1.29, 1.82) is 0 Å². The first-order valence-corrected chi connectivity index (χ1v) is 13.2. The van der Waals surface area contributed by atoms with E-state index in [1.807, 2.05) is 17.0 Å². The van der Waals surface area contributed by atoms with Crippen molar-refractivity contribution >= 4 is 22.9 Å². The van der Waals surface area contributed by atoms with Crippen LogP contribution in [0.25, 0.3) is 5.57 Å². The molecular formula is C33H38N2O. The molecule has 3 heteroatoms. The lowest BCUT2D eigenvalue weighted by Gasteiger charge is -2.46. The number of carbonyl (C=O) groups is 1. The van der Waals surface area contributed by atoms with Gasteiger partial charge in [-0.2, -0.15) is 0 Å². The zero-order valence-electron chi connectivity index (χ0n) is 22.6. The fraction of sp³-hybridized carbons (Fsp3) is 0.364. The van der Waals surface area contributed by atoms with E-state index in [9.17, 15) is 4.79 Å². The van der Waals surface area contributed by atoms with Crippen molar-refractivity contribution in [2.24, 2.45) is 0 Å². The van der Waals surface area contributed by atoms with Crippen molar-refractivity contribution in [1.82, 2.24) is 0 Å². The van der Waals surface area contributed by atoms with Crippen molar-refractivity contribution in [2.75, 3.05) is 10.2 Å². The molecule has 2 unspecified atom stereocenters. The largest absolute Gasteiger partial charge is 0.379 e. The lowest BCUT2D eigenvalue weighted by atomic mass is 9.68. The van der Waals surface area contributed by atoms with Crippen LogP contribution in [0, 0.1) is 0 Å². The number of nitrogens with one attached hydrogen (secondary N) is 1. The quantitative estimate of drug-likeness (QED) is 0.412. The van der Waals surface area contributed by atoms with Gasteiger partial charge in [0.05, 0.1) is 11.2 Å². The molecule has 1 amide bonds. The van der Waals surface area contributed by atoms with Crippen molar-refractivity contribution in [3.63, 3.8) is 0 Å². The molecular weight excluding hydrogens is 440 g/mol. The first kappa shape index (κ1) is 24.4. The second-order valence-corrected chi connectivity index (χ2v) is 11.6. The molecule has 2 heterocycles. The number of hydrogen-bond acceptors (Lipinski definition) is 2. The summed E-state index contributed by atoms with van der Waals surface area (Å²) in [5.74, 6) is 0.711. The van der Waals surface area contributed by atoms with E-state index in [1.54, 1.807) is 0 Å². The molecule has 3 aromatic carbocycles. The van der Waals surface area contributed by atoms with Gasteiger partial charge in [-0.1, -0.05) is 56.3 Å². The third kappa shape index (κ3) is 3.95. The molecule has 0 radical (unpaired) electrons. The molecule has 0 saturated carbocycles. The summed E-state index contributed by atoms with van der Waals surface area (Å²) in [6, 6.07) is 23.5. The number of aryl methyl sites for hydroxylation is 1. The van der Waals surface area contributed by atoms with Crippen LogP contribution in [0.1, 0.15) is 92.9 Å². The molecule has 2 aliphatic heterocycles. The molecule has 186 valence electrons. The van der Waals surface area contributed by atoms with Crippen molar-refractivity contribution in [2.45, 2.75) is 77.8 Å². The topological polar surface area (TPSA) is 32.3 Å². The number of fused-ring (bicyclic) bond motifs is 2. The highest BCUT2D eigenvalue weighted by atomic mass is 16.2. The standard InChI is InChI=1S/C33H38N2O/c1-8-23-13-15-24(16-14-23)31(36)35-29-18-17-25(19-27(29)21(2)20-32(35,4)5)30-22(3)26-11-9-10-12-28(26)34-33(30,6)7/h9-20,22,30,34H,8H2,1-7H3. The highest BCUT2D eigenvalue weighted by Gasteiger charge is 2.42. The normalized spacial score (nSPS) is 21.6. The second kappa shape index (κ2) is 8.65. The van der Waals surface area contributed by atoms with Gasteiger partial charge in [0.2, 0.25) is 0 Å². The van der Waals surface area contributed by atoms with Crippen LogP contribution in [-0.2, 0) is 6.42 Å². The van der Waals surface area contributed by atoms with Crippen molar-refractivity contribution in [3.8, 4) is 0 Å². The summed E-state index contributed by atoms with van der Waals surface area (Å²) < 4.78 is 0. The van der Waals surface area contributed by atoms with Gasteiger partial charge in [-0.3, -0.25) is 9.69 Å². The molecule has 1 N–H and O–H groups in total. The second-order valence-electron chi connectivity index (χ2n) is 11.6. The fourth-order valence-electron chi connectivity index (χ4n) is 6.57. The van der Waals surface area contributed by atoms with E-state index in [0.29, 0.717) is 11.8 Å². The van der Waals surface area contributed by atoms with Gasteiger partial charge in [0, 0.05) is 28.3 Å². The minimum absolute atomic E-state index is 0.0439. The summed E-state index contributed by atoms with van der Waals surface area (Å²) in [7, 11) is 0. The van der Waals surface area contributed by atoms with Gasteiger partial charge in [-0.05, 0) is 99.6 Å². The van der Waals surface area contributed by atoms with Gasteiger partial charge in [0.25, 0.3) is 5.91 Å². The number of amides is 1. The fourth-order valence-corrected chi connectivity index (χ4v) is 6.57. The zero-order chi connectivity index (χ0) is 25.8. The maximum atomic E-state index is 13.9. The summed E-state index contributed by atoms with van der Waals surface area (Å²) in [6.07, 6.45) is 3.20. The first-order chi connectivity index (χ1) is 17.0. The maximum absolute atomic E-state index is 13.9. The SMILES string of the molecule is CCc1ccc(C(=O)N2c3ccc(C4C(C)c5ccccc5NC4(C)C)cc3C(C)=CC2(C)C)cc1. The highest BCUT2D eigenvalue weighted by Crippen LogP contribution is 2.50. The Hall–Kier alpha value is -3.33. The van der Waals surface area contributed by atoms with Gasteiger partial charge in [0.15, 0.2) is 0 Å². The van der Waals surface area contributed by atoms with E-state index >= 15 is 0 Å². The molecule has 36 heavy (non-hydrogen) atoms. The number of nitrogens with zero attached hydrogens (tertiary/aromatic N) is 1. The number of para-hydroxylation sites is 1. The number of anilines is 2. The summed E-state index contributed by atoms with van der Waals surface area (Å²) in [6.45, 7) is 15.5. The predicted molar refractivity (Wildman–Crippen MR) is 152 cm³/mol. The molecule has 2 aliphatic rings. The predicted octanol–water partition coefficient (Wildman–Crippen LogP) is 8.18. The van der Waals surface area contributed by atoms with Crippen LogP contribution in [0.4, 0.5) is 11.4 Å². The van der Waals surface area contributed by atoms with E-state index in [0.717, 1.165) is 23.2 Å². The van der Waals surface area contributed by atoms with E-state index in [2.05, 4.69) is 114 Å². The van der Waals surface area contributed by atoms with Crippen LogP contribution < -0.4 is 10.2 Å². The monoisotopic (exact) mass is 478 g/mol. The Kier molecular flexibility index (Phi) is 5.86. The molecule has 0 aromatic heterocycles. The van der Waals surface area contributed by atoms with Crippen LogP contribution >= 0.6 is 0 Å². The Bertz CT molecular complexity index is 1350. The summed E-state index contributed by atoms with van der Waals surface area (Å²) in [5.41, 5.74) is 8.69. The third-order valence-corrected chi connectivity index (χ3v) is 8.19. The van der Waals surface area contributed by atoms with E-state index < -0.39 is 5.54 Å². The Morgan fingerprint density at radius 2 is 1.67 bits per heavy atom. The van der Waals surface area contributed by atoms with Gasteiger partial charge in [-0.25, -0.2) is 0 Å². The molecule has 0 fully saturated rings. The minimum Gasteiger partial charge on any atom is -0.379 e. The molecule has 3 aromatic rings. The van der Waals surface area contributed by atoms with Gasteiger partial charge in [0.1, 0.15) is 0 Å². The molecule has 2 atom stereocenters. The highest BCUT2D eigenvalue weighted by molar-refractivity contribution is 6.10. The molecule has 0 bridgehead atoms. The van der Waals surface area contributed by atoms with Crippen molar-refractivity contribution in [3.05, 3.63) is 101 Å². The van der Waals surface area contributed by atoms with Crippen LogP contribution in [0.3, 0.4) is 0 Å². The van der Waals surface area contributed by atoms with E-state index in [-0.39, 0.29) is 11.4 Å². The molecule has 0 aliphatic carbocycles. The summed E-state index contributed by atoms with van der Waals surface area (Å²) in [5, 5.41) is 3.80. The maximum Gasteiger partial charge on any atom is 0.259 e. The zero-order valence-corrected chi connectivity index (χ0v) is 22.6. The minimum atomic E-state index is -0.420. The third-order valence-electron chi connectivity index (χ3n) is 8.19. The van der Waals surface area contributed by atoms with E-state index in [1.165, 1.54) is 28.0 Å². The first-order valence-electron chi connectivity index (χ1n) is 13.2. The Morgan fingerprint density at radius 3 is 2.36 bits per heavy atom. The molecule has 0 spiro atoms. The van der Waals surface area contributed by atoms with Crippen LogP contribution in [0.5, 0.6) is 0 Å². The Labute approximate surface area is 216 Å². The molecule has 3 nitrogen and oxygen atoms in total. The molecule has 5 rings (SSSR count). The van der Waals surface area contributed by atoms with Crippen LogP contribution in [-0.4, -0.2) is 17.0 Å². The smallest absolute Gasteiger partial charge is 0.259 e. The average molecular weight is 479 g/mol. The number of carbonyl (C=O) groups excluding carboxylic acids is 1. The average Bonchev–Trinajstić information content (AvgIpc) is 2.83. The molecule has 0 saturated heterocycles. The lowest BCUT2D eigenvalue weighted by molar-refractivity contribution is 0.0970. The summed E-state index contributed by atoms with van der Waals surface area (Å²) in [4.78, 5) is 15.8. The number of hydrogen-bond donors (Lipinski definition) is 1. The van der Waals surface area contributed by atoms with Gasteiger partial charge in [-0.15, -0.1) is 0 Å². The van der Waals surface area contributed by atoms with Gasteiger partial charge < -0.3 is 5.32 Å². The van der Waals surface area contributed by atoms with E-state index in [4.69, 9.17) is 0 Å². The Morgan fingerprint density at radius 1 is 0.972 bits per heavy atom. The number of allylic oxidation sites excluding steroid dienone is 1.